The molecular weight excluding hydrogens is 267 g/mol. The van der Waals surface area contributed by atoms with Gasteiger partial charge in [-0.2, -0.15) is 0 Å². The molecule has 2 N–H and O–H groups in total. The molecule has 0 heterocycles. The van der Waals surface area contributed by atoms with Crippen LogP contribution < -0.4 is 10.6 Å². The standard InChI is InChI=1S/C17H19FN2O/c1-12(2)20-17(21)14-6-8-16(9-7-14)19-11-13-4-3-5-15(18)10-13/h3-10,12,19H,11H2,1-2H3,(H,20,21). The van der Waals surface area contributed by atoms with Crippen LogP contribution in [0, 0.1) is 5.82 Å². The summed E-state index contributed by atoms with van der Waals surface area (Å²) >= 11 is 0. The van der Waals surface area contributed by atoms with E-state index in [4.69, 9.17) is 0 Å². The zero-order valence-electron chi connectivity index (χ0n) is 12.2. The molecule has 1 amide bonds. The molecule has 0 fully saturated rings. The van der Waals surface area contributed by atoms with E-state index in [0.717, 1.165) is 11.3 Å². The minimum Gasteiger partial charge on any atom is -0.381 e. The summed E-state index contributed by atoms with van der Waals surface area (Å²) < 4.78 is 13.1. The van der Waals surface area contributed by atoms with E-state index in [1.165, 1.54) is 12.1 Å². The lowest BCUT2D eigenvalue weighted by Crippen LogP contribution is -2.29. The fraction of sp³-hybridized carbons (Fsp3) is 0.235. The third-order valence-electron chi connectivity index (χ3n) is 2.95. The van der Waals surface area contributed by atoms with E-state index in [1.54, 1.807) is 18.2 Å². The lowest BCUT2D eigenvalue weighted by molar-refractivity contribution is 0.0943. The maximum Gasteiger partial charge on any atom is 0.251 e. The number of anilines is 1. The van der Waals surface area contributed by atoms with Gasteiger partial charge in [0.05, 0.1) is 0 Å². The first-order chi connectivity index (χ1) is 10.0. The van der Waals surface area contributed by atoms with Gasteiger partial charge in [-0.3, -0.25) is 4.79 Å². The molecule has 3 nitrogen and oxygen atoms in total. The van der Waals surface area contributed by atoms with Gasteiger partial charge < -0.3 is 10.6 Å². The van der Waals surface area contributed by atoms with Crippen LogP contribution in [0.25, 0.3) is 0 Å². The Kier molecular flexibility index (Phi) is 4.93. The van der Waals surface area contributed by atoms with Crippen LogP contribution in [-0.4, -0.2) is 11.9 Å². The second kappa shape index (κ2) is 6.88. The molecule has 4 heteroatoms. The number of carbonyl (C=O) groups is 1. The summed E-state index contributed by atoms with van der Waals surface area (Å²) in [6.45, 7) is 4.38. The molecule has 21 heavy (non-hydrogen) atoms. The number of amides is 1. The Morgan fingerprint density at radius 1 is 1.14 bits per heavy atom. The van der Waals surface area contributed by atoms with Gasteiger partial charge in [-0.15, -0.1) is 0 Å². The highest BCUT2D eigenvalue weighted by atomic mass is 19.1. The van der Waals surface area contributed by atoms with Crippen LogP contribution in [0.3, 0.4) is 0 Å². The molecule has 0 saturated heterocycles. The fourth-order valence-corrected chi connectivity index (χ4v) is 1.94. The first kappa shape index (κ1) is 15.0. The van der Waals surface area contributed by atoms with E-state index in [2.05, 4.69) is 10.6 Å². The summed E-state index contributed by atoms with van der Waals surface area (Å²) in [5.41, 5.74) is 2.39. The average Bonchev–Trinajstić information content (AvgIpc) is 2.45. The fourth-order valence-electron chi connectivity index (χ4n) is 1.94. The highest BCUT2D eigenvalue weighted by Gasteiger charge is 2.06. The zero-order chi connectivity index (χ0) is 15.2. The van der Waals surface area contributed by atoms with E-state index in [1.807, 2.05) is 32.0 Å². The molecule has 0 aliphatic carbocycles. The van der Waals surface area contributed by atoms with Gasteiger partial charge in [0.25, 0.3) is 5.91 Å². The molecule has 0 bridgehead atoms. The van der Waals surface area contributed by atoms with Crippen molar-refractivity contribution in [2.45, 2.75) is 26.4 Å². The van der Waals surface area contributed by atoms with Gasteiger partial charge in [0.1, 0.15) is 5.82 Å². The van der Waals surface area contributed by atoms with Crippen LogP contribution in [0.2, 0.25) is 0 Å². The van der Waals surface area contributed by atoms with Crippen molar-refractivity contribution in [2.75, 3.05) is 5.32 Å². The van der Waals surface area contributed by atoms with Crippen LogP contribution in [0.1, 0.15) is 29.8 Å². The molecule has 2 aromatic carbocycles. The van der Waals surface area contributed by atoms with Gasteiger partial charge in [0.15, 0.2) is 0 Å². The van der Waals surface area contributed by atoms with Crippen LogP contribution in [0.5, 0.6) is 0 Å². The number of nitrogens with one attached hydrogen (secondary N) is 2. The minimum absolute atomic E-state index is 0.0818. The first-order valence-electron chi connectivity index (χ1n) is 6.94. The first-order valence-corrected chi connectivity index (χ1v) is 6.94. The third-order valence-corrected chi connectivity index (χ3v) is 2.95. The molecule has 0 aliphatic heterocycles. The highest BCUT2D eigenvalue weighted by Crippen LogP contribution is 2.12. The number of hydrogen-bond donors (Lipinski definition) is 2. The number of rotatable bonds is 5. The normalized spacial score (nSPS) is 10.5. The van der Waals surface area contributed by atoms with E-state index in [9.17, 15) is 9.18 Å². The van der Waals surface area contributed by atoms with Gasteiger partial charge in [-0.05, 0) is 55.8 Å². The predicted molar refractivity (Wildman–Crippen MR) is 82.8 cm³/mol. The number of hydrogen-bond acceptors (Lipinski definition) is 2. The Bertz CT molecular complexity index is 608. The second-order valence-corrected chi connectivity index (χ2v) is 5.19. The third kappa shape index (κ3) is 4.60. The summed E-state index contributed by atoms with van der Waals surface area (Å²) in [6.07, 6.45) is 0. The van der Waals surface area contributed by atoms with Gasteiger partial charge in [-0.25, -0.2) is 4.39 Å². The molecule has 110 valence electrons. The summed E-state index contributed by atoms with van der Waals surface area (Å²) in [5.74, 6) is -0.323. The van der Waals surface area contributed by atoms with Crippen molar-refractivity contribution in [3.63, 3.8) is 0 Å². The maximum atomic E-state index is 13.1. The Hall–Kier alpha value is -2.36. The smallest absolute Gasteiger partial charge is 0.251 e. The largest absolute Gasteiger partial charge is 0.381 e. The van der Waals surface area contributed by atoms with Crippen molar-refractivity contribution < 1.29 is 9.18 Å². The van der Waals surface area contributed by atoms with Crippen LogP contribution in [-0.2, 0) is 6.54 Å². The van der Waals surface area contributed by atoms with Gasteiger partial charge >= 0.3 is 0 Å². The molecule has 2 aromatic rings. The average molecular weight is 286 g/mol. The quantitative estimate of drug-likeness (QED) is 0.882. The van der Waals surface area contributed by atoms with E-state index >= 15 is 0 Å². The Balaban J connectivity index is 1.95. The molecule has 2 rings (SSSR count). The SMILES string of the molecule is CC(C)NC(=O)c1ccc(NCc2cccc(F)c2)cc1. The topological polar surface area (TPSA) is 41.1 Å². The molecule has 0 atom stereocenters. The van der Waals surface area contributed by atoms with Crippen molar-refractivity contribution >= 4 is 11.6 Å². The minimum atomic E-state index is -0.241. The molecule has 0 aromatic heterocycles. The van der Waals surface area contributed by atoms with E-state index in [0.29, 0.717) is 12.1 Å². The van der Waals surface area contributed by atoms with E-state index in [-0.39, 0.29) is 17.8 Å². The molecule has 0 saturated carbocycles. The van der Waals surface area contributed by atoms with Crippen molar-refractivity contribution in [2.24, 2.45) is 0 Å². The molecular formula is C17H19FN2O. The molecule has 0 radical (unpaired) electrons. The van der Waals surface area contributed by atoms with Crippen LogP contribution in [0.15, 0.2) is 48.5 Å². The van der Waals surface area contributed by atoms with Crippen molar-refractivity contribution in [1.29, 1.82) is 0 Å². The predicted octanol–water partition coefficient (Wildman–Crippen LogP) is 3.58. The van der Waals surface area contributed by atoms with Crippen LogP contribution in [0.4, 0.5) is 10.1 Å². The second-order valence-electron chi connectivity index (χ2n) is 5.19. The molecule has 0 spiro atoms. The summed E-state index contributed by atoms with van der Waals surface area (Å²) in [7, 11) is 0. The Morgan fingerprint density at radius 3 is 2.48 bits per heavy atom. The summed E-state index contributed by atoms with van der Waals surface area (Å²) in [6, 6.07) is 13.8. The molecule has 0 unspecified atom stereocenters. The lowest BCUT2D eigenvalue weighted by Gasteiger charge is -2.10. The van der Waals surface area contributed by atoms with Gasteiger partial charge in [0.2, 0.25) is 0 Å². The number of carbonyl (C=O) groups excluding carboxylic acids is 1. The van der Waals surface area contributed by atoms with Crippen molar-refractivity contribution in [3.8, 4) is 0 Å². The van der Waals surface area contributed by atoms with Gasteiger partial charge in [0, 0.05) is 23.8 Å². The Morgan fingerprint density at radius 2 is 1.86 bits per heavy atom. The van der Waals surface area contributed by atoms with Gasteiger partial charge in [-0.1, -0.05) is 12.1 Å². The zero-order valence-corrected chi connectivity index (χ0v) is 12.2. The lowest BCUT2D eigenvalue weighted by atomic mass is 10.1. The molecule has 0 aliphatic rings. The summed E-state index contributed by atoms with van der Waals surface area (Å²) in [4.78, 5) is 11.8. The van der Waals surface area contributed by atoms with E-state index < -0.39 is 0 Å². The highest BCUT2D eigenvalue weighted by molar-refractivity contribution is 5.94. The number of halogens is 1. The number of benzene rings is 2. The Labute approximate surface area is 124 Å². The van der Waals surface area contributed by atoms with Crippen LogP contribution >= 0.6 is 0 Å². The summed E-state index contributed by atoms with van der Waals surface area (Å²) in [5, 5.41) is 6.04. The monoisotopic (exact) mass is 286 g/mol. The van der Waals surface area contributed by atoms with Crippen molar-refractivity contribution in [1.82, 2.24) is 5.32 Å². The van der Waals surface area contributed by atoms with Crippen molar-refractivity contribution in [3.05, 3.63) is 65.5 Å². The maximum absolute atomic E-state index is 13.1.